The lowest BCUT2D eigenvalue weighted by Crippen LogP contribution is -2.12. The molecule has 4 rings (SSSR count). The van der Waals surface area contributed by atoms with Crippen molar-refractivity contribution in [3.05, 3.63) is 84.7 Å². The van der Waals surface area contributed by atoms with Gasteiger partial charge in [0.05, 0.1) is 6.61 Å². The van der Waals surface area contributed by atoms with Crippen molar-refractivity contribution < 1.29 is 9.53 Å². The van der Waals surface area contributed by atoms with Crippen LogP contribution in [-0.2, 0) is 16.1 Å². The Balaban J connectivity index is 1.85. The highest BCUT2D eigenvalue weighted by Gasteiger charge is 2.22. The van der Waals surface area contributed by atoms with Crippen molar-refractivity contribution in [1.29, 1.82) is 0 Å². The first-order valence-corrected chi connectivity index (χ1v) is 9.63. The van der Waals surface area contributed by atoms with E-state index in [1.807, 2.05) is 35.8 Å². The number of aromatic amines is 1. The number of hydrogen-bond donors (Lipinski definition) is 1. The molecule has 0 saturated heterocycles. The Bertz CT molecular complexity index is 1140. The number of H-pyrrole nitrogens is 1. The number of aromatic nitrogens is 2. The van der Waals surface area contributed by atoms with Crippen molar-refractivity contribution in [1.82, 2.24) is 9.55 Å². The van der Waals surface area contributed by atoms with Gasteiger partial charge in [-0.25, -0.2) is 0 Å². The molecule has 0 fully saturated rings. The third-order valence-corrected chi connectivity index (χ3v) is 5.20. The summed E-state index contributed by atoms with van der Waals surface area (Å²) in [6.45, 7) is 6.41. The van der Waals surface area contributed by atoms with Crippen LogP contribution in [0.2, 0.25) is 0 Å². The summed E-state index contributed by atoms with van der Waals surface area (Å²) in [7, 11) is 0. The van der Waals surface area contributed by atoms with Crippen molar-refractivity contribution in [3.8, 4) is 0 Å². The Morgan fingerprint density at radius 2 is 1.89 bits per heavy atom. The predicted octanol–water partition coefficient (Wildman–Crippen LogP) is 5.39. The fraction of sp³-hybridized carbons (Fsp3) is 0.208. The van der Waals surface area contributed by atoms with Gasteiger partial charge < -0.3 is 14.3 Å². The molecule has 1 unspecified atom stereocenters. The zero-order chi connectivity index (χ0) is 19.5. The van der Waals surface area contributed by atoms with Gasteiger partial charge in [0.2, 0.25) is 0 Å². The lowest BCUT2D eigenvalue weighted by Gasteiger charge is -2.14. The fourth-order valence-electron chi connectivity index (χ4n) is 4.00. The molecular weight excluding hydrogens is 348 g/mol. The average molecular weight is 372 g/mol. The van der Waals surface area contributed by atoms with Gasteiger partial charge in [-0.15, -0.1) is 6.58 Å². The van der Waals surface area contributed by atoms with E-state index in [9.17, 15) is 4.79 Å². The molecular formula is C24H24N2O2. The molecule has 1 atom stereocenters. The molecule has 4 heteroatoms. The van der Waals surface area contributed by atoms with Crippen LogP contribution < -0.4 is 0 Å². The van der Waals surface area contributed by atoms with Gasteiger partial charge in [-0.05, 0) is 36.6 Å². The van der Waals surface area contributed by atoms with Crippen molar-refractivity contribution in [2.75, 3.05) is 6.61 Å². The molecule has 2 heterocycles. The second-order valence-electron chi connectivity index (χ2n) is 6.90. The molecule has 1 N–H and O–H groups in total. The number of fused-ring (bicyclic) bond motifs is 2. The van der Waals surface area contributed by atoms with Gasteiger partial charge in [-0.2, -0.15) is 0 Å². The van der Waals surface area contributed by atoms with Crippen LogP contribution in [0.4, 0.5) is 0 Å². The Morgan fingerprint density at radius 1 is 1.14 bits per heavy atom. The molecule has 0 bridgehead atoms. The molecule has 0 aliphatic rings. The first-order chi connectivity index (χ1) is 13.7. The highest BCUT2D eigenvalue weighted by Crippen LogP contribution is 2.38. The summed E-state index contributed by atoms with van der Waals surface area (Å²) < 4.78 is 7.15. The van der Waals surface area contributed by atoms with Gasteiger partial charge in [0.25, 0.3) is 0 Å². The number of carbonyl (C=O) groups is 1. The summed E-state index contributed by atoms with van der Waals surface area (Å²) in [5.41, 5.74) is 4.61. The van der Waals surface area contributed by atoms with E-state index in [4.69, 9.17) is 4.74 Å². The van der Waals surface area contributed by atoms with Gasteiger partial charge in [0.1, 0.15) is 6.54 Å². The van der Waals surface area contributed by atoms with E-state index >= 15 is 0 Å². The minimum absolute atomic E-state index is 0.155. The third kappa shape index (κ3) is 3.22. The first-order valence-electron chi connectivity index (χ1n) is 9.63. The monoisotopic (exact) mass is 372 g/mol. The Morgan fingerprint density at radius 3 is 2.68 bits per heavy atom. The summed E-state index contributed by atoms with van der Waals surface area (Å²) in [5, 5.41) is 2.38. The second kappa shape index (κ2) is 7.77. The van der Waals surface area contributed by atoms with E-state index in [1.165, 1.54) is 16.5 Å². The molecule has 2 aromatic heterocycles. The molecule has 2 aromatic carbocycles. The van der Waals surface area contributed by atoms with E-state index in [1.54, 1.807) is 0 Å². The summed E-state index contributed by atoms with van der Waals surface area (Å²) in [5.74, 6) is -0.0656. The number of para-hydroxylation sites is 2. The number of carbonyl (C=O) groups excluding carboxylic acids is 1. The Labute approximate surface area is 164 Å². The van der Waals surface area contributed by atoms with Crippen LogP contribution >= 0.6 is 0 Å². The maximum atomic E-state index is 12.1. The molecule has 0 radical (unpaired) electrons. The SMILES string of the molecule is C=CCC(c1c[nH]c2ccccc12)c1cn(CC(=O)OCC)c2ccccc12. The number of benzene rings is 2. The quantitative estimate of drug-likeness (QED) is 0.349. The summed E-state index contributed by atoms with van der Waals surface area (Å²) in [4.78, 5) is 15.5. The van der Waals surface area contributed by atoms with E-state index in [-0.39, 0.29) is 18.4 Å². The molecule has 0 spiro atoms. The second-order valence-corrected chi connectivity index (χ2v) is 6.90. The number of rotatable bonds is 7. The van der Waals surface area contributed by atoms with Crippen LogP contribution in [0.3, 0.4) is 0 Å². The molecule has 4 aromatic rings. The lowest BCUT2D eigenvalue weighted by atomic mass is 9.88. The van der Waals surface area contributed by atoms with E-state index in [2.05, 4.69) is 54.3 Å². The smallest absolute Gasteiger partial charge is 0.325 e. The largest absolute Gasteiger partial charge is 0.465 e. The lowest BCUT2D eigenvalue weighted by molar-refractivity contribution is -0.143. The third-order valence-electron chi connectivity index (χ3n) is 5.20. The molecule has 0 amide bonds. The van der Waals surface area contributed by atoms with Crippen LogP contribution in [0.25, 0.3) is 21.8 Å². The van der Waals surface area contributed by atoms with Crippen LogP contribution in [0.1, 0.15) is 30.4 Å². The number of ether oxygens (including phenoxy) is 1. The van der Waals surface area contributed by atoms with Crippen molar-refractivity contribution in [2.45, 2.75) is 25.8 Å². The van der Waals surface area contributed by atoms with Gasteiger partial charge in [-0.3, -0.25) is 4.79 Å². The van der Waals surface area contributed by atoms with Crippen molar-refractivity contribution in [3.63, 3.8) is 0 Å². The number of allylic oxidation sites excluding steroid dienone is 1. The molecule has 0 saturated carbocycles. The van der Waals surface area contributed by atoms with E-state index < -0.39 is 0 Å². The maximum Gasteiger partial charge on any atom is 0.325 e. The topological polar surface area (TPSA) is 47.0 Å². The molecule has 0 aliphatic carbocycles. The van der Waals surface area contributed by atoms with Crippen molar-refractivity contribution >= 4 is 27.8 Å². The van der Waals surface area contributed by atoms with Crippen LogP contribution in [0, 0.1) is 0 Å². The summed E-state index contributed by atoms with van der Waals surface area (Å²) >= 11 is 0. The van der Waals surface area contributed by atoms with Gasteiger partial charge in [0, 0.05) is 40.1 Å². The highest BCUT2D eigenvalue weighted by molar-refractivity contribution is 5.89. The molecule has 142 valence electrons. The number of nitrogens with zero attached hydrogens (tertiary/aromatic N) is 1. The van der Waals surface area contributed by atoms with Gasteiger partial charge in [-0.1, -0.05) is 42.5 Å². The Hall–Kier alpha value is -3.27. The minimum atomic E-state index is -0.220. The van der Waals surface area contributed by atoms with Crippen molar-refractivity contribution in [2.24, 2.45) is 0 Å². The van der Waals surface area contributed by atoms with Gasteiger partial charge in [0.15, 0.2) is 0 Å². The maximum absolute atomic E-state index is 12.1. The molecule has 0 aliphatic heterocycles. The predicted molar refractivity (Wildman–Crippen MR) is 114 cm³/mol. The van der Waals surface area contributed by atoms with Crippen LogP contribution in [0.15, 0.2) is 73.6 Å². The fourth-order valence-corrected chi connectivity index (χ4v) is 4.00. The molecule has 28 heavy (non-hydrogen) atoms. The normalized spacial score (nSPS) is 12.3. The summed E-state index contributed by atoms with van der Waals surface area (Å²) in [6.07, 6.45) is 6.97. The zero-order valence-electron chi connectivity index (χ0n) is 16.0. The minimum Gasteiger partial charge on any atom is -0.465 e. The number of esters is 1. The Kier molecular flexibility index (Phi) is 5.02. The number of nitrogens with one attached hydrogen (secondary N) is 1. The standard InChI is InChI=1S/C24H24N2O2/c1-3-9-17(20-14-25-22-12-7-5-10-18(20)22)21-15-26(16-24(27)28-4-2)23-13-8-6-11-19(21)23/h3,5-8,10-15,17,25H,1,4,9,16H2,2H3. The van der Waals surface area contributed by atoms with Crippen LogP contribution in [-0.4, -0.2) is 22.1 Å². The van der Waals surface area contributed by atoms with E-state index in [0.29, 0.717) is 6.61 Å². The number of hydrogen-bond acceptors (Lipinski definition) is 2. The first kappa shape index (κ1) is 18.1. The molecule has 4 nitrogen and oxygen atoms in total. The van der Waals surface area contributed by atoms with Gasteiger partial charge >= 0.3 is 5.97 Å². The zero-order valence-corrected chi connectivity index (χ0v) is 16.0. The van der Waals surface area contributed by atoms with E-state index in [0.717, 1.165) is 22.8 Å². The highest BCUT2D eigenvalue weighted by atomic mass is 16.5. The summed E-state index contributed by atoms with van der Waals surface area (Å²) in [6, 6.07) is 16.6. The van der Waals surface area contributed by atoms with Crippen LogP contribution in [0.5, 0.6) is 0 Å². The average Bonchev–Trinajstić information content (AvgIpc) is 3.29.